The predicted octanol–water partition coefficient (Wildman–Crippen LogP) is 1.71. The van der Waals surface area contributed by atoms with E-state index in [9.17, 15) is 14.4 Å². The number of carboxylic acid groups (broad SMARTS) is 1. The van der Waals surface area contributed by atoms with Crippen molar-refractivity contribution in [2.75, 3.05) is 0 Å². The number of imidazole rings is 1. The lowest BCUT2D eigenvalue weighted by atomic mass is 10.2. The van der Waals surface area contributed by atoms with Gasteiger partial charge in [-0.3, -0.25) is 14.4 Å². The summed E-state index contributed by atoms with van der Waals surface area (Å²) in [6.45, 7) is -0.271. The summed E-state index contributed by atoms with van der Waals surface area (Å²) >= 11 is 3.39. The number of aliphatic carboxylic acids is 1. The molecule has 0 saturated heterocycles. The Labute approximate surface area is 160 Å². The average molecular weight is 429 g/mol. The lowest BCUT2D eigenvalue weighted by Gasteiger charge is -2.07. The first-order valence-electron chi connectivity index (χ1n) is 8.03. The van der Waals surface area contributed by atoms with E-state index < -0.39 is 23.6 Å². The third-order valence-electron chi connectivity index (χ3n) is 4.22. The van der Waals surface area contributed by atoms with E-state index in [1.54, 1.807) is 16.7 Å². The van der Waals surface area contributed by atoms with Crippen molar-refractivity contribution in [2.45, 2.75) is 13.1 Å². The first-order chi connectivity index (χ1) is 13.0. The summed E-state index contributed by atoms with van der Waals surface area (Å²) in [7, 11) is 0. The Morgan fingerprint density at radius 3 is 2.33 bits per heavy atom. The number of rotatable bonds is 4. The molecule has 2 aromatic carbocycles. The van der Waals surface area contributed by atoms with Crippen LogP contribution in [0.1, 0.15) is 5.56 Å². The SMILES string of the molecule is O=C(O)Cn1nc2n(Cc3ccc(Br)cc3)c3ccccc3n2c(=O)c1=O. The molecule has 4 aromatic rings. The minimum atomic E-state index is -1.25. The molecule has 1 N–H and O–H groups in total. The molecule has 0 amide bonds. The Hall–Kier alpha value is -3.20. The van der Waals surface area contributed by atoms with Gasteiger partial charge in [0.05, 0.1) is 17.6 Å². The highest BCUT2D eigenvalue weighted by atomic mass is 79.9. The number of halogens is 1. The van der Waals surface area contributed by atoms with Crippen LogP contribution in [0.25, 0.3) is 16.8 Å². The van der Waals surface area contributed by atoms with Gasteiger partial charge < -0.3 is 9.67 Å². The fourth-order valence-electron chi connectivity index (χ4n) is 3.04. The zero-order valence-electron chi connectivity index (χ0n) is 13.9. The maximum absolute atomic E-state index is 12.6. The molecule has 2 aromatic heterocycles. The van der Waals surface area contributed by atoms with Crippen LogP contribution in [0.3, 0.4) is 0 Å². The van der Waals surface area contributed by atoms with Crippen LogP contribution in [-0.4, -0.2) is 29.8 Å². The zero-order valence-corrected chi connectivity index (χ0v) is 15.5. The maximum atomic E-state index is 12.6. The van der Waals surface area contributed by atoms with Crippen LogP contribution in [0.4, 0.5) is 0 Å². The lowest BCUT2D eigenvalue weighted by Crippen LogP contribution is -2.41. The second-order valence-electron chi connectivity index (χ2n) is 6.00. The van der Waals surface area contributed by atoms with E-state index in [0.717, 1.165) is 15.6 Å². The molecule has 9 heteroatoms. The summed E-state index contributed by atoms with van der Waals surface area (Å²) in [5, 5.41) is 13.2. The molecule has 0 bridgehead atoms. The van der Waals surface area contributed by atoms with Crippen molar-refractivity contribution < 1.29 is 9.90 Å². The molecule has 0 saturated carbocycles. The van der Waals surface area contributed by atoms with Gasteiger partial charge in [-0.1, -0.05) is 40.2 Å². The van der Waals surface area contributed by atoms with Crippen LogP contribution in [0, 0.1) is 0 Å². The van der Waals surface area contributed by atoms with Crippen molar-refractivity contribution in [2.24, 2.45) is 0 Å². The average Bonchev–Trinajstić information content (AvgIpc) is 2.95. The van der Waals surface area contributed by atoms with E-state index in [1.807, 2.05) is 36.4 Å². The Bertz CT molecular complexity index is 1300. The van der Waals surface area contributed by atoms with Crippen LogP contribution in [0.2, 0.25) is 0 Å². The molecule has 0 aliphatic heterocycles. The Balaban J connectivity index is 2.04. The molecule has 27 heavy (non-hydrogen) atoms. The van der Waals surface area contributed by atoms with Crippen LogP contribution < -0.4 is 11.1 Å². The van der Waals surface area contributed by atoms with Crippen molar-refractivity contribution in [3.63, 3.8) is 0 Å². The van der Waals surface area contributed by atoms with E-state index in [4.69, 9.17) is 5.11 Å². The van der Waals surface area contributed by atoms with Crippen molar-refractivity contribution in [1.29, 1.82) is 0 Å². The van der Waals surface area contributed by atoms with Crippen LogP contribution in [-0.2, 0) is 17.9 Å². The third kappa shape index (κ3) is 2.95. The van der Waals surface area contributed by atoms with Crippen molar-refractivity contribution in [1.82, 2.24) is 18.7 Å². The van der Waals surface area contributed by atoms with Crippen molar-refractivity contribution in [3.05, 3.63) is 79.3 Å². The summed E-state index contributed by atoms with van der Waals surface area (Å²) in [6, 6.07) is 14.8. The smallest absolute Gasteiger partial charge is 0.333 e. The second kappa shape index (κ2) is 6.51. The summed E-state index contributed by atoms with van der Waals surface area (Å²) in [4.78, 5) is 35.9. The molecule has 0 spiro atoms. The second-order valence-corrected chi connectivity index (χ2v) is 6.91. The largest absolute Gasteiger partial charge is 0.480 e. The van der Waals surface area contributed by atoms with Gasteiger partial charge in [-0.25, -0.2) is 9.08 Å². The van der Waals surface area contributed by atoms with Gasteiger partial charge in [0.1, 0.15) is 6.54 Å². The van der Waals surface area contributed by atoms with Crippen LogP contribution >= 0.6 is 15.9 Å². The molecular weight excluding hydrogens is 416 g/mol. The predicted molar refractivity (Wildman–Crippen MR) is 102 cm³/mol. The molecule has 0 atom stereocenters. The standard InChI is InChI=1S/C18H13BrN4O4/c19-12-7-5-11(6-8-12)9-21-13-3-1-2-4-14(13)23-17(27)16(26)22(10-15(24)25)20-18(21)23/h1-8H,9-10H2,(H,24,25). The molecule has 0 unspecified atom stereocenters. The summed E-state index contributed by atoms with van der Waals surface area (Å²) in [5.41, 5.74) is 0.430. The highest BCUT2D eigenvalue weighted by molar-refractivity contribution is 9.10. The minimum Gasteiger partial charge on any atom is -0.480 e. The molecular formula is C18H13BrN4O4. The van der Waals surface area contributed by atoms with E-state index in [1.165, 1.54) is 4.40 Å². The number of carbonyl (C=O) groups is 1. The molecule has 0 aliphatic carbocycles. The maximum Gasteiger partial charge on any atom is 0.333 e. The fourth-order valence-corrected chi connectivity index (χ4v) is 3.30. The van der Waals surface area contributed by atoms with Gasteiger partial charge in [0, 0.05) is 4.47 Å². The number of aromatic nitrogens is 4. The fraction of sp³-hybridized carbons (Fsp3) is 0.111. The molecule has 0 aliphatic rings. The minimum absolute atomic E-state index is 0.213. The number of benzene rings is 2. The third-order valence-corrected chi connectivity index (χ3v) is 4.75. The Morgan fingerprint density at radius 2 is 1.67 bits per heavy atom. The monoisotopic (exact) mass is 428 g/mol. The van der Waals surface area contributed by atoms with Gasteiger partial charge in [-0.2, -0.15) is 0 Å². The van der Waals surface area contributed by atoms with Crippen LogP contribution in [0.5, 0.6) is 0 Å². The molecule has 136 valence electrons. The molecule has 2 heterocycles. The molecule has 4 rings (SSSR count). The van der Waals surface area contributed by atoms with Gasteiger partial charge in [0.25, 0.3) is 0 Å². The van der Waals surface area contributed by atoms with E-state index in [2.05, 4.69) is 21.0 Å². The number of fused-ring (bicyclic) bond motifs is 3. The number of hydrogen-bond donors (Lipinski definition) is 1. The molecule has 8 nitrogen and oxygen atoms in total. The highest BCUT2D eigenvalue weighted by Gasteiger charge is 2.18. The Kier molecular flexibility index (Phi) is 4.15. The number of nitrogens with zero attached hydrogens (tertiary/aromatic N) is 4. The van der Waals surface area contributed by atoms with Gasteiger partial charge >= 0.3 is 17.1 Å². The topological polar surface area (TPSA) is 98.6 Å². The quantitative estimate of drug-likeness (QED) is 0.498. The highest BCUT2D eigenvalue weighted by Crippen LogP contribution is 2.20. The number of carboxylic acids is 1. The first kappa shape index (κ1) is 17.2. The van der Waals surface area contributed by atoms with Gasteiger partial charge in [-0.15, -0.1) is 5.10 Å². The first-order valence-corrected chi connectivity index (χ1v) is 8.82. The van der Waals surface area contributed by atoms with Gasteiger partial charge in [0.15, 0.2) is 0 Å². The molecule has 0 fully saturated rings. The summed E-state index contributed by atoms with van der Waals surface area (Å²) < 4.78 is 4.65. The zero-order chi connectivity index (χ0) is 19.1. The van der Waals surface area contributed by atoms with Gasteiger partial charge in [-0.05, 0) is 29.8 Å². The number of para-hydroxylation sites is 2. The summed E-state index contributed by atoms with van der Waals surface area (Å²) in [6.07, 6.45) is 0. The number of hydrogen-bond acceptors (Lipinski definition) is 4. The molecule has 0 radical (unpaired) electrons. The van der Waals surface area contributed by atoms with Crippen LogP contribution in [0.15, 0.2) is 62.6 Å². The van der Waals surface area contributed by atoms with Crippen molar-refractivity contribution in [3.8, 4) is 0 Å². The van der Waals surface area contributed by atoms with Crippen molar-refractivity contribution >= 4 is 38.7 Å². The van der Waals surface area contributed by atoms with E-state index in [0.29, 0.717) is 16.7 Å². The van der Waals surface area contributed by atoms with Gasteiger partial charge in [0.2, 0.25) is 5.78 Å². The summed E-state index contributed by atoms with van der Waals surface area (Å²) in [5.74, 6) is -1.03. The van der Waals surface area contributed by atoms with E-state index in [-0.39, 0.29) is 5.78 Å². The normalized spacial score (nSPS) is 11.3. The van der Waals surface area contributed by atoms with E-state index >= 15 is 0 Å². The Morgan fingerprint density at radius 1 is 1.00 bits per heavy atom. The lowest BCUT2D eigenvalue weighted by molar-refractivity contribution is -0.138.